The molecule has 96 heavy (non-hydrogen) atoms. The van der Waals surface area contributed by atoms with Crippen LogP contribution in [0.25, 0.3) is 65.3 Å². The highest BCUT2D eigenvalue weighted by Gasteiger charge is 2.32. The Hall–Kier alpha value is -8.88. The molecular formula is C88H100O8. The molecule has 0 amide bonds. The summed E-state index contributed by atoms with van der Waals surface area (Å²) in [6, 6.07) is 71.3. The Morgan fingerprint density at radius 3 is 0.833 bits per heavy atom. The van der Waals surface area contributed by atoms with Crippen molar-refractivity contribution in [1.29, 1.82) is 0 Å². The zero-order valence-electron chi connectivity index (χ0n) is 58.4. The largest absolute Gasteiger partial charge is 0.458 e. The van der Waals surface area contributed by atoms with E-state index in [1.165, 1.54) is 32.7 Å². The first-order valence-corrected chi connectivity index (χ1v) is 35.8. The number of esters is 4. The van der Waals surface area contributed by atoms with Gasteiger partial charge in [0.25, 0.3) is 0 Å². The molecule has 10 aromatic carbocycles. The van der Waals surface area contributed by atoms with E-state index in [4.69, 9.17) is 18.9 Å². The summed E-state index contributed by atoms with van der Waals surface area (Å²) >= 11 is 0. The van der Waals surface area contributed by atoms with Crippen LogP contribution in [0, 0.1) is 23.7 Å². The molecule has 0 saturated heterocycles. The summed E-state index contributed by atoms with van der Waals surface area (Å²) in [4.78, 5) is 53.0. The highest BCUT2D eigenvalue weighted by Crippen LogP contribution is 2.46. The Bertz CT molecular complexity index is 3770. The van der Waals surface area contributed by atoms with Gasteiger partial charge in [-0.1, -0.05) is 287 Å². The summed E-state index contributed by atoms with van der Waals surface area (Å²) in [5, 5.41) is 8.74. The van der Waals surface area contributed by atoms with Crippen molar-refractivity contribution in [3.05, 3.63) is 240 Å². The Labute approximate surface area is 571 Å². The molecule has 8 heteroatoms. The van der Waals surface area contributed by atoms with Crippen LogP contribution in [0.4, 0.5) is 0 Å². The highest BCUT2D eigenvalue weighted by atomic mass is 16.6. The third-order valence-electron chi connectivity index (χ3n) is 19.7. The van der Waals surface area contributed by atoms with Crippen molar-refractivity contribution in [1.82, 2.24) is 0 Å². The van der Waals surface area contributed by atoms with Crippen molar-refractivity contribution in [3.8, 4) is 22.3 Å². The smallest absolute Gasteiger partial charge is 0.309 e. The highest BCUT2D eigenvalue weighted by molar-refractivity contribution is 6.21. The molecular weight excluding hydrogens is 1180 g/mol. The first-order valence-electron chi connectivity index (χ1n) is 35.8. The van der Waals surface area contributed by atoms with Gasteiger partial charge in [0.05, 0.1) is 23.7 Å². The van der Waals surface area contributed by atoms with Gasteiger partial charge in [-0.15, -0.1) is 0 Å². The molecule has 0 radical (unpaired) electrons. The van der Waals surface area contributed by atoms with Crippen LogP contribution in [-0.4, -0.2) is 23.9 Å². The van der Waals surface area contributed by atoms with Crippen LogP contribution in [0.3, 0.4) is 0 Å². The lowest BCUT2D eigenvalue weighted by molar-refractivity contribution is -0.155. The molecule has 0 aliphatic heterocycles. The summed E-state index contributed by atoms with van der Waals surface area (Å²) < 4.78 is 24.9. The summed E-state index contributed by atoms with van der Waals surface area (Å²) in [5.41, 5.74) is 10.8. The predicted molar refractivity (Wildman–Crippen MR) is 396 cm³/mol. The maximum atomic E-state index is 13.6. The number of carbonyl (C=O) groups excluding carboxylic acids is 4. The fourth-order valence-electron chi connectivity index (χ4n) is 13.8. The van der Waals surface area contributed by atoms with E-state index in [0.29, 0.717) is 12.8 Å². The zero-order chi connectivity index (χ0) is 68.1. The van der Waals surface area contributed by atoms with Gasteiger partial charge in [-0.25, -0.2) is 0 Å². The quantitative estimate of drug-likeness (QED) is 0.0249. The van der Waals surface area contributed by atoms with Crippen molar-refractivity contribution in [3.63, 3.8) is 0 Å². The van der Waals surface area contributed by atoms with Crippen LogP contribution >= 0.6 is 0 Å². The Kier molecular flexibility index (Phi) is 26.2. The van der Waals surface area contributed by atoms with Crippen molar-refractivity contribution in [2.75, 3.05) is 0 Å². The SMILES string of the molecule is CCC(CC)C(=O)OC(Cc1ccccc1)c1c2ccccc2c(C(Cc2ccccc2)OC(=O)C(CC)CC)c2ccccc12.CCCCC(CC)C(=O)OC(C)c1ccc(-c2c3ccccc3c(-c3ccc(C(C)OC(=O)C(CC)CCCC)cc3)c3ccccc23)cc1. The first-order chi connectivity index (χ1) is 46.8. The van der Waals surface area contributed by atoms with E-state index in [9.17, 15) is 19.2 Å². The van der Waals surface area contributed by atoms with E-state index in [-0.39, 0.29) is 59.8 Å². The van der Waals surface area contributed by atoms with Gasteiger partial charge in [0, 0.05) is 24.0 Å². The van der Waals surface area contributed by atoms with Crippen LogP contribution in [-0.2, 0) is 51.0 Å². The molecule has 0 spiro atoms. The molecule has 8 nitrogen and oxygen atoms in total. The molecule has 0 N–H and O–H groups in total. The van der Waals surface area contributed by atoms with Crippen LogP contribution in [0.5, 0.6) is 0 Å². The van der Waals surface area contributed by atoms with Gasteiger partial charge in [0.1, 0.15) is 24.4 Å². The lowest BCUT2D eigenvalue weighted by Gasteiger charge is -2.28. The third-order valence-corrected chi connectivity index (χ3v) is 19.7. The van der Waals surface area contributed by atoms with Gasteiger partial charge in [-0.2, -0.15) is 0 Å². The number of hydrogen-bond donors (Lipinski definition) is 0. The Balaban J connectivity index is 0.000000226. The van der Waals surface area contributed by atoms with Gasteiger partial charge >= 0.3 is 23.9 Å². The summed E-state index contributed by atoms with van der Waals surface area (Å²) in [6.45, 7) is 20.5. The number of rotatable bonds is 30. The second-order valence-electron chi connectivity index (χ2n) is 25.9. The van der Waals surface area contributed by atoms with E-state index in [1.54, 1.807) is 0 Å². The number of hydrogen-bond acceptors (Lipinski definition) is 8. The minimum absolute atomic E-state index is 0.0427. The third kappa shape index (κ3) is 17.2. The predicted octanol–water partition coefficient (Wildman–Crippen LogP) is 23.5. The fourth-order valence-corrected chi connectivity index (χ4v) is 13.8. The van der Waals surface area contributed by atoms with Crippen molar-refractivity contribution in [2.45, 2.75) is 184 Å². The van der Waals surface area contributed by atoms with E-state index in [2.05, 4.69) is 173 Å². The van der Waals surface area contributed by atoms with E-state index < -0.39 is 12.2 Å². The summed E-state index contributed by atoms with van der Waals surface area (Å²) in [7, 11) is 0. The maximum Gasteiger partial charge on any atom is 0.309 e. The molecule has 0 heterocycles. The fraction of sp³-hybridized carbons (Fsp3) is 0.364. The average Bonchev–Trinajstić information content (AvgIpc) is 0.745. The van der Waals surface area contributed by atoms with E-state index in [1.807, 2.05) is 102 Å². The average molecular weight is 1290 g/mol. The van der Waals surface area contributed by atoms with Gasteiger partial charge in [-0.05, 0) is 153 Å². The van der Waals surface area contributed by atoms with Crippen LogP contribution in [0.1, 0.15) is 204 Å². The number of ether oxygens (including phenoxy) is 4. The number of carbonyl (C=O) groups is 4. The van der Waals surface area contributed by atoms with Crippen molar-refractivity contribution < 1.29 is 38.1 Å². The lowest BCUT2D eigenvalue weighted by atomic mass is 9.84. The second kappa shape index (κ2) is 35.2. The molecule has 0 bridgehead atoms. The molecule has 0 aliphatic rings. The minimum atomic E-state index is -0.501. The minimum Gasteiger partial charge on any atom is -0.458 e. The van der Waals surface area contributed by atoms with Gasteiger partial charge in [-0.3, -0.25) is 19.2 Å². The van der Waals surface area contributed by atoms with Gasteiger partial charge in [0.2, 0.25) is 0 Å². The van der Waals surface area contributed by atoms with Gasteiger partial charge < -0.3 is 18.9 Å². The molecule has 6 unspecified atom stereocenters. The maximum absolute atomic E-state index is 13.6. The molecule has 6 atom stereocenters. The number of unbranched alkanes of at least 4 members (excludes halogenated alkanes) is 2. The monoisotopic (exact) mass is 1280 g/mol. The molecule has 0 aromatic heterocycles. The van der Waals surface area contributed by atoms with Crippen LogP contribution < -0.4 is 0 Å². The Morgan fingerprint density at radius 1 is 0.302 bits per heavy atom. The molecule has 0 fully saturated rings. The zero-order valence-corrected chi connectivity index (χ0v) is 58.4. The molecule has 0 aliphatic carbocycles. The molecule has 500 valence electrons. The molecule has 10 aromatic rings. The van der Waals surface area contributed by atoms with Crippen LogP contribution in [0.2, 0.25) is 0 Å². The Morgan fingerprint density at radius 2 is 0.562 bits per heavy atom. The van der Waals surface area contributed by atoms with Crippen molar-refractivity contribution in [2.24, 2.45) is 23.7 Å². The topological polar surface area (TPSA) is 105 Å². The van der Waals surface area contributed by atoms with Crippen molar-refractivity contribution >= 4 is 67.0 Å². The van der Waals surface area contributed by atoms with Gasteiger partial charge in [0.15, 0.2) is 0 Å². The molecule has 0 saturated carbocycles. The first kappa shape index (κ1) is 71.4. The normalized spacial score (nSPS) is 13.4. The second-order valence-corrected chi connectivity index (χ2v) is 25.9. The van der Waals surface area contributed by atoms with E-state index in [0.717, 1.165) is 143 Å². The lowest BCUT2D eigenvalue weighted by Crippen LogP contribution is -2.22. The summed E-state index contributed by atoms with van der Waals surface area (Å²) in [5.74, 6) is -0.918. The number of benzene rings is 10. The number of fused-ring (bicyclic) bond motifs is 4. The van der Waals surface area contributed by atoms with Crippen LogP contribution in [0.15, 0.2) is 206 Å². The standard InChI is InChI=1S/C46H54O4.C42H46O4/c1-7-11-17-33(9-3)45(47)49-31(5)35-23-27-37(28-24-35)43-39-19-13-15-21-41(39)44(42-22-16-14-20-40(42)43)38-29-25-36(26-30-38)32(6)50-46(48)34(10-4)18-12-8-2;1-5-31(6-2)41(43)45-37(27-29-19-11-9-12-20-29)39-33-23-15-17-25-35(33)40(36-26-18-16-24-34(36)39)38(28-30-21-13-10-14-22-30)46-42(44)32(7-3)8-4/h13-16,19-34H,7-12,17-18H2,1-6H3;9-26,31-32,37-38H,5-8,27-28H2,1-4H3. The van der Waals surface area contributed by atoms with E-state index >= 15 is 0 Å². The molecule has 10 rings (SSSR count). The summed E-state index contributed by atoms with van der Waals surface area (Å²) in [6.07, 6.45) is 10.0.